The summed E-state index contributed by atoms with van der Waals surface area (Å²) in [6, 6.07) is 1.85. The van der Waals surface area contributed by atoms with Gasteiger partial charge in [-0.05, 0) is 47.3 Å². The van der Waals surface area contributed by atoms with E-state index in [4.69, 9.17) is 5.73 Å². The van der Waals surface area contributed by atoms with Crippen molar-refractivity contribution in [2.24, 2.45) is 5.73 Å². The van der Waals surface area contributed by atoms with Gasteiger partial charge in [-0.15, -0.1) is 0 Å². The van der Waals surface area contributed by atoms with Crippen LogP contribution >= 0.6 is 15.9 Å². The van der Waals surface area contributed by atoms with E-state index in [-0.39, 0.29) is 6.04 Å². The fraction of sp³-hybridized carbons (Fsp3) is 0.429. The van der Waals surface area contributed by atoms with E-state index in [0.29, 0.717) is 0 Å². The Kier molecular flexibility index (Phi) is 4.37. The molecule has 0 bridgehead atoms. The summed E-state index contributed by atoms with van der Waals surface area (Å²) in [6.45, 7) is 7.07. The zero-order valence-corrected chi connectivity index (χ0v) is 13.1. The molecule has 0 amide bonds. The molecule has 0 aliphatic rings. The number of nitrogens with two attached hydrogens (primary N) is 1. The van der Waals surface area contributed by atoms with Gasteiger partial charge in [-0.3, -0.25) is 9.67 Å². The van der Waals surface area contributed by atoms with E-state index in [9.17, 15) is 0 Å². The van der Waals surface area contributed by atoms with Crippen LogP contribution in [0, 0.1) is 13.8 Å². The van der Waals surface area contributed by atoms with E-state index in [1.54, 1.807) is 6.20 Å². The van der Waals surface area contributed by atoms with Crippen LogP contribution in [0.25, 0.3) is 0 Å². The third-order valence-electron chi connectivity index (χ3n) is 3.11. The lowest BCUT2D eigenvalue weighted by Crippen LogP contribution is -2.20. The lowest BCUT2D eigenvalue weighted by molar-refractivity contribution is 0.555. The van der Waals surface area contributed by atoms with Crippen molar-refractivity contribution in [3.8, 4) is 0 Å². The highest BCUT2D eigenvalue weighted by Gasteiger charge is 2.20. The summed E-state index contributed by atoms with van der Waals surface area (Å²) in [4.78, 5) is 4.49. The molecule has 1 atom stereocenters. The van der Waals surface area contributed by atoms with Gasteiger partial charge in [0.05, 0.1) is 28.1 Å². The summed E-state index contributed by atoms with van der Waals surface area (Å²) in [5.74, 6) is 0. The molecule has 5 heteroatoms. The molecule has 0 aromatic carbocycles. The molecule has 2 heterocycles. The molecule has 0 aliphatic heterocycles. The van der Waals surface area contributed by atoms with Gasteiger partial charge in [0.1, 0.15) is 0 Å². The van der Waals surface area contributed by atoms with Crippen LogP contribution in [0.3, 0.4) is 0 Å². The largest absolute Gasteiger partial charge is 0.318 e. The van der Waals surface area contributed by atoms with Gasteiger partial charge in [0.15, 0.2) is 0 Å². The van der Waals surface area contributed by atoms with Gasteiger partial charge in [0.25, 0.3) is 0 Å². The minimum atomic E-state index is -0.260. The monoisotopic (exact) mass is 322 g/mol. The van der Waals surface area contributed by atoms with Crippen LogP contribution in [0.5, 0.6) is 0 Å². The average Bonchev–Trinajstić information content (AvgIpc) is 2.70. The third kappa shape index (κ3) is 2.87. The average molecular weight is 323 g/mol. The van der Waals surface area contributed by atoms with Crippen LogP contribution in [0.4, 0.5) is 0 Å². The smallest absolute Gasteiger partial charge is 0.0911 e. The maximum absolute atomic E-state index is 6.39. The maximum atomic E-state index is 6.39. The van der Waals surface area contributed by atoms with Crippen LogP contribution in [0.15, 0.2) is 22.9 Å². The molecule has 0 saturated heterocycles. The molecule has 0 aliphatic carbocycles. The molecule has 2 N–H and O–H groups in total. The second kappa shape index (κ2) is 5.84. The predicted octanol–water partition coefficient (Wildman–Crippen LogP) is 3.12. The molecular weight excluding hydrogens is 304 g/mol. The van der Waals surface area contributed by atoms with E-state index in [1.165, 1.54) is 0 Å². The lowest BCUT2D eigenvalue weighted by atomic mass is 10.0. The number of halogens is 1. The number of rotatable bonds is 4. The Morgan fingerprint density at radius 3 is 2.74 bits per heavy atom. The molecule has 102 valence electrons. The Morgan fingerprint density at radius 1 is 1.37 bits per heavy atom. The first-order chi connectivity index (χ1) is 9.04. The van der Waals surface area contributed by atoms with Crippen LogP contribution in [0.1, 0.15) is 41.9 Å². The maximum Gasteiger partial charge on any atom is 0.0911 e. The number of aryl methyl sites for hydroxylation is 3. The van der Waals surface area contributed by atoms with Gasteiger partial charge >= 0.3 is 0 Å². The Bertz CT molecular complexity index is 577. The second-order valence-electron chi connectivity index (χ2n) is 4.79. The summed E-state index contributed by atoms with van der Waals surface area (Å²) < 4.78 is 2.89. The molecule has 2 aromatic rings. The minimum Gasteiger partial charge on any atom is -0.318 e. The minimum absolute atomic E-state index is 0.260. The van der Waals surface area contributed by atoms with Crippen LogP contribution in [-0.4, -0.2) is 14.8 Å². The van der Waals surface area contributed by atoms with Crippen LogP contribution in [0.2, 0.25) is 0 Å². The van der Waals surface area contributed by atoms with Gasteiger partial charge in [-0.1, -0.05) is 13.0 Å². The predicted molar refractivity (Wildman–Crippen MR) is 80.0 cm³/mol. The first-order valence-electron chi connectivity index (χ1n) is 6.44. The summed E-state index contributed by atoms with van der Waals surface area (Å²) >= 11 is 3.53. The molecule has 1 unspecified atom stereocenters. The van der Waals surface area contributed by atoms with Crippen molar-refractivity contribution in [2.45, 2.75) is 39.8 Å². The zero-order chi connectivity index (χ0) is 14.0. The number of aromatic nitrogens is 3. The number of pyridine rings is 1. The molecule has 19 heavy (non-hydrogen) atoms. The second-order valence-corrected chi connectivity index (χ2v) is 5.65. The highest BCUT2D eigenvalue weighted by atomic mass is 79.9. The Morgan fingerprint density at radius 2 is 2.11 bits per heavy atom. The molecule has 0 saturated carbocycles. The SMILES string of the molecule is CCCn1ncc(Br)c1C(N)c1ncc(C)cc1C. The first kappa shape index (κ1) is 14.2. The van der Waals surface area contributed by atoms with Gasteiger partial charge in [-0.2, -0.15) is 5.10 Å². The molecule has 0 fully saturated rings. The van der Waals surface area contributed by atoms with Crippen LogP contribution < -0.4 is 5.73 Å². The Hall–Kier alpha value is -1.20. The van der Waals surface area contributed by atoms with Gasteiger partial charge in [0.2, 0.25) is 0 Å². The summed E-state index contributed by atoms with van der Waals surface area (Å²) in [7, 11) is 0. The van der Waals surface area contributed by atoms with E-state index in [0.717, 1.165) is 40.0 Å². The third-order valence-corrected chi connectivity index (χ3v) is 3.72. The van der Waals surface area contributed by atoms with Gasteiger partial charge < -0.3 is 5.73 Å². The fourth-order valence-corrected chi connectivity index (χ4v) is 2.79. The number of hydrogen-bond acceptors (Lipinski definition) is 3. The lowest BCUT2D eigenvalue weighted by Gasteiger charge is -2.16. The molecule has 0 radical (unpaired) electrons. The molecule has 4 nitrogen and oxygen atoms in total. The van der Waals surface area contributed by atoms with Crippen molar-refractivity contribution in [1.29, 1.82) is 0 Å². The summed E-state index contributed by atoms with van der Waals surface area (Å²) in [5.41, 5.74) is 10.5. The topological polar surface area (TPSA) is 56.7 Å². The molecule has 0 spiro atoms. The molecule has 2 aromatic heterocycles. The van der Waals surface area contributed by atoms with Crippen molar-refractivity contribution in [2.75, 3.05) is 0 Å². The van der Waals surface area contributed by atoms with Gasteiger partial charge in [0, 0.05) is 12.7 Å². The molecule has 2 rings (SSSR count). The normalized spacial score (nSPS) is 12.7. The Balaban J connectivity index is 2.43. The van der Waals surface area contributed by atoms with E-state index < -0.39 is 0 Å². The van der Waals surface area contributed by atoms with Crippen molar-refractivity contribution < 1.29 is 0 Å². The highest BCUT2D eigenvalue weighted by molar-refractivity contribution is 9.10. The van der Waals surface area contributed by atoms with Crippen LogP contribution in [-0.2, 0) is 6.54 Å². The number of nitrogens with zero attached hydrogens (tertiary/aromatic N) is 3. The quantitative estimate of drug-likeness (QED) is 0.940. The fourth-order valence-electron chi connectivity index (χ4n) is 2.25. The zero-order valence-electron chi connectivity index (χ0n) is 11.5. The van der Waals surface area contributed by atoms with Gasteiger partial charge in [-0.25, -0.2) is 0 Å². The first-order valence-corrected chi connectivity index (χ1v) is 7.23. The van der Waals surface area contributed by atoms with E-state index >= 15 is 0 Å². The summed E-state index contributed by atoms with van der Waals surface area (Å²) in [5, 5.41) is 4.36. The molecular formula is C14H19BrN4. The van der Waals surface area contributed by atoms with Crippen molar-refractivity contribution >= 4 is 15.9 Å². The van der Waals surface area contributed by atoms with Crippen molar-refractivity contribution in [3.05, 3.63) is 45.4 Å². The Labute approximate surface area is 122 Å². The number of hydrogen-bond donors (Lipinski definition) is 1. The standard InChI is InChI=1S/C14H19BrN4/c1-4-5-19-14(11(15)8-18-19)12(16)13-10(3)6-9(2)7-17-13/h6-8,12H,4-5,16H2,1-3H3. The van der Waals surface area contributed by atoms with Crippen molar-refractivity contribution in [1.82, 2.24) is 14.8 Å². The van der Waals surface area contributed by atoms with E-state index in [2.05, 4.69) is 39.0 Å². The summed E-state index contributed by atoms with van der Waals surface area (Å²) in [6.07, 6.45) is 4.68. The van der Waals surface area contributed by atoms with Crippen molar-refractivity contribution in [3.63, 3.8) is 0 Å². The highest BCUT2D eigenvalue weighted by Crippen LogP contribution is 2.27. The van der Waals surface area contributed by atoms with E-state index in [1.807, 2.05) is 24.7 Å².